The minimum absolute atomic E-state index is 1.10. The molecule has 2 nitrogen and oxygen atoms in total. The third-order valence-electron chi connectivity index (χ3n) is 2.67. The average molecular weight is 188 g/mol. The third kappa shape index (κ3) is 1.52. The molecular formula is C12H16N2. The lowest BCUT2D eigenvalue weighted by Gasteiger charge is -2.01. The van der Waals surface area contributed by atoms with Gasteiger partial charge in [0.15, 0.2) is 0 Å². The van der Waals surface area contributed by atoms with Crippen LogP contribution in [0.25, 0.3) is 11.0 Å². The monoisotopic (exact) mass is 188 g/mol. The highest BCUT2D eigenvalue weighted by molar-refractivity contribution is 5.77. The van der Waals surface area contributed by atoms with Crippen molar-refractivity contribution in [2.45, 2.75) is 26.2 Å². The SMILES string of the molecule is CCCCc1cc2cccnc2n1C. The summed E-state index contributed by atoms with van der Waals surface area (Å²) in [5.74, 6) is 0. The van der Waals surface area contributed by atoms with Gasteiger partial charge in [0.1, 0.15) is 5.65 Å². The molecule has 2 rings (SSSR count). The number of hydrogen-bond acceptors (Lipinski definition) is 1. The number of rotatable bonds is 3. The molecule has 0 N–H and O–H groups in total. The zero-order valence-electron chi connectivity index (χ0n) is 8.83. The van der Waals surface area contributed by atoms with E-state index in [0.717, 1.165) is 12.1 Å². The number of pyridine rings is 1. The molecule has 0 saturated carbocycles. The van der Waals surface area contributed by atoms with E-state index in [0.29, 0.717) is 0 Å². The van der Waals surface area contributed by atoms with Crippen molar-refractivity contribution < 1.29 is 0 Å². The molecule has 0 fully saturated rings. The van der Waals surface area contributed by atoms with Gasteiger partial charge in [0, 0.05) is 24.3 Å². The van der Waals surface area contributed by atoms with E-state index in [9.17, 15) is 0 Å². The largest absolute Gasteiger partial charge is 0.333 e. The van der Waals surface area contributed by atoms with Gasteiger partial charge in [-0.15, -0.1) is 0 Å². The lowest BCUT2D eigenvalue weighted by Crippen LogP contribution is -1.96. The first-order valence-electron chi connectivity index (χ1n) is 5.22. The third-order valence-corrected chi connectivity index (χ3v) is 2.67. The fourth-order valence-electron chi connectivity index (χ4n) is 1.81. The molecular weight excluding hydrogens is 172 g/mol. The van der Waals surface area contributed by atoms with Gasteiger partial charge in [-0.25, -0.2) is 4.98 Å². The van der Waals surface area contributed by atoms with Gasteiger partial charge >= 0.3 is 0 Å². The van der Waals surface area contributed by atoms with Gasteiger partial charge in [0.25, 0.3) is 0 Å². The molecule has 0 atom stereocenters. The van der Waals surface area contributed by atoms with Crippen LogP contribution in [0.15, 0.2) is 24.4 Å². The van der Waals surface area contributed by atoms with Crippen LogP contribution >= 0.6 is 0 Å². The molecule has 74 valence electrons. The van der Waals surface area contributed by atoms with Gasteiger partial charge in [-0.1, -0.05) is 13.3 Å². The quantitative estimate of drug-likeness (QED) is 0.724. The molecule has 0 spiro atoms. The highest BCUT2D eigenvalue weighted by Crippen LogP contribution is 2.17. The Kier molecular flexibility index (Phi) is 2.53. The summed E-state index contributed by atoms with van der Waals surface area (Å²) in [5.41, 5.74) is 2.49. The minimum atomic E-state index is 1.10. The smallest absolute Gasteiger partial charge is 0.139 e. The van der Waals surface area contributed by atoms with Crippen molar-refractivity contribution in [3.05, 3.63) is 30.1 Å². The Morgan fingerprint density at radius 2 is 2.29 bits per heavy atom. The Labute approximate surface area is 84.6 Å². The van der Waals surface area contributed by atoms with E-state index >= 15 is 0 Å². The zero-order chi connectivity index (χ0) is 9.97. The van der Waals surface area contributed by atoms with Crippen molar-refractivity contribution in [2.75, 3.05) is 0 Å². The average Bonchev–Trinajstić information content (AvgIpc) is 2.54. The van der Waals surface area contributed by atoms with Gasteiger partial charge < -0.3 is 4.57 Å². The highest BCUT2D eigenvalue weighted by Gasteiger charge is 2.04. The fourth-order valence-corrected chi connectivity index (χ4v) is 1.81. The number of hydrogen-bond donors (Lipinski definition) is 0. The maximum Gasteiger partial charge on any atom is 0.139 e. The van der Waals surface area contributed by atoms with E-state index in [1.165, 1.54) is 23.9 Å². The number of unbranched alkanes of at least 4 members (excludes halogenated alkanes) is 1. The molecule has 0 unspecified atom stereocenters. The van der Waals surface area contributed by atoms with Crippen molar-refractivity contribution in [3.63, 3.8) is 0 Å². The molecule has 2 heteroatoms. The summed E-state index contributed by atoms with van der Waals surface area (Å²) in [4.78, 5) is 4.37. The molecule has 0 aromatic carbocycles. The number of aromatic nitrogens is 2. The number of nitrogens with zero attached hydrogens (tertiary/aromatic N) is 2. The summed E-state index contributed by atoms with van der Waals surface area (Å²) >= 11 is 0. The maximum atomic E-state index is 4.37. The second-order valence-electron chi connectivity index (χ2n) is 3.71. The first-order chi connectivity index (χ1) is 6.83. The van der Waals surface area contributed by atoms with E-state index < -0.39 is 0 Å². The topological polar surface area (TPSA) is 17.8 Å². The van der Waals surface area contributed by atoms with E-state index in [4.69, 9.17) is 0 Å². The van der Waals surface area contributed by atoms with Crippen molar-refractivity contribution in [1.82, 2.24) is 9.55 Å². The molecule has 0 amide bonds. The first kappa shape index (κ1) is 9.25. The number of aryl methyl sites for hydroxylation is 2. The van der Waals surface area contributed by atoms with E-state index in [1.54, 1.807) is 0 Å². The molecule has 0 aliphatic rings. The molecule has 0 aliphatic heterocycles. The van der Waals surface area contributed by atoms with Gasteiger partial charge in [-0.2, -0.15) is 0 Å². The molecule has 0 saturated heterocycles. The predicted octanol–water partition coefficient (Wildman–Crippen LogP) is 2.92. The molecule has 2 aromatic rings. The van der Waals surface area contributed by atoms with E-state index in [2.05, 4.69) is 35.7 Å². The van der Waals surface area contributed by atoms with Crippen LogP contribution in [0.3, 0.4) is 0 Å². The van der Waals surface area contributed by atoms with Crippen LogP contribution in [0, 0.1) is 0 Å². The van der Waals surface area contributed by atoms with Crippen LogP contribution in [-0.2, 0) is 13.5 Å². The standard InChI is InChI=1S/C12H16N2/c1-3-4-7-11-9-10-6-5-8-13-12(10)14(11)2/h5-6,8-9H,3-4,7H2,1-2H3. The van der Waals surface area contributed by atoms with Gasteiger partial charge in [-0.3, -0.25) is 0 Å². The lowest BCUT2D eigenvalue weighted by molar-refractivity contribution is 0.739. The van der Waals surface area contributed by atoms with Crippen LogP contribution in [0.5, 0.6) is 0 Å². The van der Waals surface area contributed by atoms with Crippen LogP contribution in [0.1, 0.15) is 25.5 Å². The maximum absolute atomic E-state index is 4.37. The second kappa shape index (κ2) is 3.82. The summed E-state index contributed by atoms with van der Waals surface area (Å²) in [5, 5.41) is 1.25. The van der Waals surface area contributed by atoms with Crippen LogP contribution in [0.2, 0.25) is 0 Å². The van der Waals surface area contributed by atoms with Crippen molar-refractivity contribution in [2.24, 2.45) is 7.05 Å². The number of fused-ring (bicyclic) bond motifs is 1. The summed E-state index contributed by atoms with van der Waals surface area (Å²) in [6.07, 6.45) is 5.51. The van der Waals surface area contributed by atoms with E-state index in [1.807, 2.05) is 12.3 Å². The van der Waals surface area contributed by atoms with Crippen molar-refractivity contribution in [3.8, 4) is 0 Å². The second-order valence-corrected chi connectivity index (χ2v) is 3.71. The van der Waals surface area contributed by atoms with Crippen LogP contribution < -0.4 is 0 Å². The Hall–Kier alpha value is -1.31. The predicted molar refractivity (Wildman–Crippen MR) is 59.3 cm³/mol. The van der Waals surface area contributed by atoms with Crippen LogP contribution in [0.4, 0.5) is 0 Å². The zero-order valence-corrected chi connectivity index (χ0v) is 8.83. The summed E-state index contributed by atoms with van der Waals surface area (Å²) < 4.78 is 2.20. The summed E-state index contributed by atoms with van der Waals surface area (Å²) in [6.45, 7) is 2.22. The Balaban J connectivity index is 2.41. The highest BCUT2D eigenvalue weighted by atomic mass is 15.0. The van der Waals surface area contributed by atoms with Crippen molar-refractivity contribution >= 4 is 11.0 Å². The summed E-state index contributed by atoms with van der Waals surface area (Å²) in [6, 6.07) is 6.36. The van der Waals surface area contributed by atoms with Gasteiger partial charge in [-0.05, 0) is 31.0 Å². The minimum Gasteiger partial charge on any atom is -0.333 e. The first-order valence-corrected chi connectivity index (χ1v) is 5.22. The Bertz CT molecular complexity index is 429. The molecule has 2 aromatic heterocycles. The van der Waals surface area contributed by atoms with Crippen molar-refractivity contribution in [1.29, 1.82) is 0 Å². The fraction of sp³-hybridized carbons (Fsp3) is 0.417. The molecule has 14 heavy (non-hydrogen) atoms. The lowest BCUT2D eigenvalue weighted by atomic mass is 10.2. The molecule has 0 radical (unpaired) electrons. The van der Waals surface area contributed by atoms with Crippen LogP contribution in [-0.4, -0.2) is 9.55 Å². The molecule has 0 bridgehead atoms. The molecule has 0 aliphatic carbocycles. The van der Waals surface area contributed by atoms with E-state index in [-0.39, 0.29) is 0 Å². The van der Waals surface area contributed by atoms with Gasteiger partial charge in [0.05, 0.1) is 0 Å². The molecule has 2 heterocycles. The summed E-state index contributed by atoms with van der Waals surface area (Å²) in [7, 11) is 2.10. The normalized spacial score (nSPS) is 11.0. The Morgan fingerprint density at radius 1 is 1.43 bits per heavy atom. The Morgan fingerprint density at radius 3 is 3.00 bits per heavy atom. The van der Waals surface area contributed by atoms with Gasteiger partial charge in [0.2, 0.25) is 0 Å².